The van der Waals surface area contributed by atoms with Crippen LogP contribution in [0.1, 0.15) is 33.6 Å². The molecule has 0 spiro atoms. The molecular formula is C12H23N3S. The van der Waals surface area contributed by atoms with Gasteiger partial charge in [-0.15, -0.1) is 0 Å². The van der Waals surface area contributed by atoms with E-state index in [0.29, 0.717) is 6.04 Å². The van der Waals surface area contributed by atoms with Gasteiger partial charge in [-0.1, -0.05) is 0 Å². The van der Waals surface area contributed by atoms with Crippen LogP contribution in [-0.2, 0) is 0 Å². The molecule has 2 aliphatic rings. The second kappa shape index (κ2) is 4.49. The second-order valence-electron chi connectivity index (χ2n) is 5.87. The van der Waals surface area contributed by atoms with Gasteiger partial charge >= 0.3 is 0 Å². The van der Waals surface area contributed by atoms with Crippen LogP contribution < -0.4 is 5.32 Å². The first-order valence-electron chi connectivity index (χ1n) is 6.27. The number of nitrogens with zero attached hydrogens (tertiary/aromatic N) is 2. The summed E-state index contributed by atoms with van der Waals surface area (Å²) in [5.74, 6) is 0. The Bertz CT molecular complexity index is 260. The van der Waals surface area contributed by atoms with Gasteiger partial charge in [-0.25, -0.2) is 0 Å². The second-order valence-corrected chi connectivity index (χ2v) is 6.26. The summed E-state index contributed by atoms with van der Waals surface area (Å²) >= 11 is 5.42. The lowest BCUT2D eigenvalue weighted by atomic mass is 10.1. The molecular weight excluding hydrogens is 218 g/mol. The Morgan fingerprint density at radius 3 is 2.12 bits per heavy atom. The molecule has 0 aromatic rings. The molecule has 16 heavy (non-hydrogen) atoms. The molecule has 0 unspecified atom stereocenters. The molecule has 1 aliphatic carbocycles. The fourth-order valence-electron chi connectivity index (χ4n) is 2.07. The minimum absolute atomic E-state index is 0.289. The minimum Gasteiger partial charge on any atom is -0.360 e. The zero-order chi connectivity index (χ0) is 11.8. The standard InChI is InChI=1S/C12H23N3S/c1-12(2,3)15-8-6-14(7-9-15)11(16)13-10-4-5-10/h10H,4-9H2,1-3H3,(H,13,16). The van der Waals surface area contributed by atoms with Gasteiger partial charge in [0.1, 0.15) is 0 Å². The van der Waals surface area contributed by atoms with Crippen LogP contribution in [0.3, 0.4) is 0 Å². The molecule has 0 atom stereocenters. The summed E-state index contributed by atoms with van der Waals surface area (Å²) in [6.45, 7) is 11.2. The van der Waals surface area contributed by atoms with Crippen molar-refractivity contribution < 1.29 is 0 Å². The molecule has 3 nitrogen and oxygen atoms in total. The predicted molar refractivity (Wildman–Crippen MR) is 71.7 cm³/mol. The fraction of sp³-hybridized carbons (Fsp3) is 0.917. The summed E-state index contributed by atoms with van der Waals surface area (Å²) in [7, 11) is 0. The number of thiocarbonyl (C=S) groups is 1. The van der Waals surface area contributed by atoms with E-state index < -0.39 is 0 Å². The number of hydrogen-bond acceptors (Lipinski definition) is 2. The first-order valence-corrected chi connectivity index (χ1v) is 6.68. The van der Waals surface area contributed by atoms with E-state index in [1.807, 2.05) is 0 Å². The van der Waals surface area contributed by atoms with Crippen LogP contribution in [0.25, 0.3) is 0 Å². The van der Waals surface area contributed by atoms with Crippen molar-refractivity contribution in [2.75, 3.05) is 26.2 Å². The highest BCUT2D eigenvalue weighted by atomic mass is 32.1. The number of piperazine rings is 1. The van der Waals surface area contributed by atoms with Gasteiger partial charge in [-0.2, -0.15) is 0 Å². The maximum absolute atomic E-state index is 5.42. The van der Waals surface area contributed by atoms with Crippen molar-refractivity contribution in [3.05, 3.63) is 0 Å². The normalized spacial score (nSPS) is 23.3. The van der Waals surface area contributed by atoms with E-state index >= 15 is 0 Å². The zero-order valence-electron chi connectivity index (χ0n) is 10.6. The Kier molecular flexibility index (Phi) is 3.40. The van der Waals surface area contributed by atoms with Gasteiger partial charge in [0.25, 0.3) is 0 Å². The van der Waals surface area contributed by atoms with E-state index in [4.69, 9.17) is 12.2 Å². The van der Waals surface area contributed by atoms with E-state index in [-0.39, 0.29) is 5.54 Å². The molecule has 0 amide bonds. The van der Waals surface area contributed by atoms with Crippen molar-refractivity contribution in [3.8, 4) is 0 Å². The van der Waals surface area contributed by atoms with Gasteiger partial charge in [0.2, 0.25) is 0 Å². The Hall–Kier alpha value is -0.350. The molecule has 0 bridgehead atoms. The fourth-order valence-corrected chi connectivity index (χ4v) is 2.42. The van der Waals surface area contributed by atoms with Crippen molar-refractivity contribution in [2.45, 2.75) is 45.2 Å². The molecule has 92 valence electrons. The van der Waals surface area contributed by atoms with Gasteiger partial charge in [-0.05, 0) is 45.8 Å². The van der Waals surface area contributed by atoms with Crippen molar-refractivity contribution in [1.82, 2.24) is 15.1 Å². The molecule has 0 aromatic carbocycles. The molecule has 0 radical (unpaired) electrons. The Labute approximate surface area is 104 Å². The molecule has 2 rings (SSSR count). The summed E-state index contributed by atoms with van der Waals surface area (Å²) in [4.78, 5) is 4.85. The summed E-state index contributed by atoms with van der Waals surface area (Å²) in [6, 6.07) is 0.674. The predicted octanol–water partition coefficient (Wildman–Crippen LogP) is 1.44. The number of nitrogens with one attached hydrogen (secondary N) is 1. The molecule has 1 heterocycles. The molecule has 4 heteroatoms. The van der Waals surface area contributed by atoms with Crippen LogP contribution in [0, 0.1) is 0 Å². The van der Waals surface area contributed by atoms with E-state index in [9.17, 15) is 0 Å². The zero-order valence-corrected chi connectivity index (χ0v) is 11.4. The topological polar surface area (TPSA) is 18.5 Å². The lowest BCUT2D eigenvalue weighted by Crippen LogP contribution is -2.56. The van der Waals surface area contributed by atoms with Crippen LogP contribution in [-0.4, -0.2) is 52.7 Å². The van der Waals surface area contributed by atoms with Crippen LogP contribution in [0.4, 0.5) is 0 Å². The Balaban J connectivity index is 1.77. The Morgan fingerprint density at radius 1 is 1.12 bits per heavy atom. The number of rotatable bonds is 1. The third kappa shape index (κ3) is 3.08. The maximum atomic E-state index is 5.42. The average Bonchev–Trinajstić information content (AvgIpc) is 3.00. The molecule has 2 fully saturated rings. The highest BCUT2D eigenvalue weighted by molar-refractivity contribution is 7.80. The molecule has 1 saturated carbocycles. The van der Waals surface area contributed by atoms with E-state index in [2.05, 4.69) is 35.9 Å². The van der Waals surface area contributed by atoms with E-state index in [1.54, 1.807) is 0 Å². The average molecular weight is 241 g/mol. The molecule has 1 N–H and O–H groups in total. The lowest BCUT2D eigenvalue weighted by molar-refractivity contribution is 0.0880. The molecule has 1 saturated heterocycles. The highest BCUT2D eigenvalue weighted by Crippen LogP contribution is 2.20. The van der Waals surface area contributed by atoms with E-state index in [1.165, 1.54) is 12.8 Å². The van der Waals surface area contributed by atoms with Gasteiger partial charge < -0.3 is 10.2 Å². The third-order valence-electron chi connectivity index (χ3n) is 3.42. The highest BCUT2D eigenvalue weighted by Gasteiger charge is 2.28. The first kappa shape index (κ1) is 12.1. The third-order valence-corrected chi connectivity index (χ3v) is 3.80. The Morgan fingerprint density at radius 2 is 1.69 bits per heavy atom. The SMILES string of the molecule is CC(C)(C)N1CCN(C(=S)NC2CC2)CC1. The lowest BCUT2D eigenvalue weighted by Gasteiger charge is -2.43. The quantitative estimate of drug-likeness (QED) is 0.700. The maximum Gasteiger partial charge on any atom is 0.169 e. The largest absolute Gasteiger partial charge is 0.360 e. The van der Waals surface area contributed by atoms with E-state index in [0.717, 1.165) is 31.3 Å². The monoisotopic (exact) mass is 241 g/mol. The van der Waals surface area contributed by atoms with Crippen molar-refractivity contribution in [2.24, 2.45) is 0 Å². The van der Waals surface area contributed by atoms with Gasteiger partial charge in [-0.3, -0.25) is 4.90 Å². The summed E-state index contributed by atoms with van der Waals surface area (Å²) in [5, 5.41) is 4.38. The van der Waals surface area contributed by atoms with Crippen LogP contribution in [0.5, 0.6) is 0 Å². The van der Waals surface area contributed by atoms with Crippen LogP contribution >= 0.6 is 12.2 Å². The molecule has 0 aromatic heterocycles. The summed E-state index contributed by atoms with van der Waals surface area (Å²) < 4.78 is 0. The summed E-state index contributed by atoms with van der Waals surface area (Å²) in [6.07, 6.45) is 2.59. The van der Waals surface area contributed by atoms with Gasteiger partial charge in [0, 0.05) is 37.8 Å². The number of hydrogen-bond donors (Lipinski definition) is 1. The van der Waals surface area contributed by atoms with Crippen LogP contribution in [0.2, 0.25) is 0 Å². The first-order chi connectivity index (χ1) is 7.47. The van der Waals surface area contributed by atoms with Gasteiger partial charge in [0.15, 0.2) is 5.11 Å². The van der Waals surface area contributed by atoms with Crippen molar-refractivity contribution in [3.63, 3.8) is 0 Å². The minimum atomic E-state index is 0.289. The smallest absolute Gasteiger partial charge is 0.169 e. The van der Waals surface area contributed by atoms with Crippen molar-refractivity contribution >= 4 is 17.3 Å². The van der Waals surface area contributed by atoms with Crippen LogP contribution in [0.15, 0.2) is 0 Å². The van der Waals surface area contributed by atoms with Crippen molar-refractivity contribution in [1.29, 1.82) is 0 Å². The van der Waals surface area contributed by atoms with Gasteiger partial charge in [0.05, 0.1) is 0 Å². The summed E-state index contributed by atoms with van der Waals surface area (Å²) in [5.41, 5.74) is 0.289. The molecule has 1 aliphatic heterocycles.